The van der Waals surface area contributed by atoms with Crippen molar-refractivity contribution in [3.63, 3.8) is 0 Å². The summed E-state index contributed by atoms with van der Waals surface area (Å²) in [4.78, 5) is 12.6. The van der Waals surface area contributed by atoms with E-state index in [4.69, 9.17) is 0 Å². The molecule has 1 atom stereocenters. The largest absolute Gasteiger partial charge is 0.436 e. The summed E-state index contributed by atoms with van der Waals surface area (Å²) in [5, 5.41) is 10.9. The molecule has 3 aromatic rings. The van der Waals surface area contributed by atoms with Crippen LogP contribution in [0.15, 0.2) is 34.8 Å². The third-order valence-corrected chi connectivity index (χ3v) is 5.92. The van der Waals surface area contributed by atoms with Gasteiger partial charge in [-0.1, -0.05) is 18.2 Å². The van der Waals surface area contributed by atoms with Gasteiger partial charge in [0.15, 0.2) is 5.69 Å². The molecule has 0 fully saturated rings. The van der Waals surface area contributed by atoms with Gasteiger partial charge in [0.1, 0.15) is 6.04 Å². The fourth-order valence-electron chi connectivity index (χ4n) is 3.24. The van der Waals surface area contributed by atoms with Gasteiger partial charge in [-0.25, -0.2) is 4.68 Å². The number of benzene rings is 1. The molecule has 1 unspecified atom stereocenters. The fourth-order valence-corrected chi connectivity index (χ4v) is 3.73. The van der Waals surface area contributed by atoms with Gasteiger partial charge in [0.2, 0.25) is 5.91 Å². The zero-order valence-electron chi connectivity index (χ0n) is 16.9. The number of para-hydroxylation sites is 1. The molecule has 0 aliphatic rings. The maximum absolute atomic E-state index is 13.1. The highest BCUT2D eigenvalue weighted by Crippen LogP contribution is 2.36. The van der Waals surface area contributed by atoms with Gasteiger partial charge >= 0.3 is 6.18 Å². The molecule has 1 amide bonds. The normalized spacial score (nSPS) is 12.8. The molecule has 6 nitrogen and oxygen atoms in total. The van der Waals surface area contributed by atoms with Crippen LogP contribution in [0.4, 0.5) is 13.2 Å². The van der Waals surface area contributed by atoms with Crippen LogP contribution in [0.25, 0.3) is 5.69 Å². The molecule has 0 saturated heterocycles. The number of nitrogens with zero attached hydrogens (tertiary/aromatic N) is 4. The number of amides is 1. The van der Waals surface area contributed by atoms with Crippen molar-refractivity contribution in [1.29, 1.82) is 0 Å². The number of nitrogens with one attached hydrogen (secondary N) is 1. The number of aromatic nitrogens is 4. The van der Waals surface area contributed by atoms with E-state index in [-0.39, 0.29) is 16.7 Å². The van der Waals surface area contributed by atoms with Crippen molar-refractivity contribution in [2.45, 2.75) is 46.5 Å². The molecule has 0 aliphatic heterocycles. The molecular formula is C20H21BrF3N5O. The molecule has 10 heteroatoms. The lowest BCUT2D eigenvalue weighted by molar-refractivity contribution is -0.142. The molecular weight excluding hydrogens is 463 g/mol. The number of hydrogen-bond donors (Lipinski definition) is 1. The molecule has 0 bridgehead atoms. The van der Waals surface area contributed by atoms with E-state index in [1.807, 2.05) is 44.2 Å². The summed E-state index contributed by atoms with van der Waals surface area (Å²) in [6, 6.07) is 8.68. The lowest BCUT2D eigenvalue weighted by Gasteiger charge is -2.15. The van der Waals surface area contributed by atoms with Gasteiger partial charge in [-0.2, -0.15) is 23.4 Å². The van der Waals surface area contributed by atoms with Crippen molar-refractivity contribution in [3.8, 4) is 5.69 Å². The summed E-state index contributed by atoms with van der Waals surface area (Å²) in [5.41, 5.74) is 2.59. The second kappa shape index (κ2) is 8.25. The maximum Gasteiger partial charge on any atom is 0.436 e. The average molecular weight is 484 g/mol. The van der Waals surface area contributed by atoms with Crippen LogP contribution in [0, 0.1) is 20.8 Å². The van der Waals surface area contributed by atoms with Gasteiger partial charge < -0.3 is 5.32 Å². The van der Waals surface area contributed by atoms with Gasteiger partial charge in [-0.05, 0) is 55.8 Å². The molecule has 1 N–H and O–H groups in total. The summed E-state index contributed by atoms with van der Waals surface area (Å²) in [5.74, 6) is -0.437. The number of carbonyl (C=O) groups is 1. The van der Waals surface area contributed by atoms with Crippen LogP contribution in [0.2, 0.25) is 0 Å². The lowest BCUT2D eigenvalue weighted by atomic mass is 10.2. The summed E-state index contributed by atoms with van der Waals surface area (Å²) >= 11 is 2.93. The van der Waals surface area contributed by atoms with Crippen LogP contribution in [0.1, 0.15) is 41.3 Å². The van der Waals surface area contributed by atoms with Crippen LogP contribution in [0.3, 0.4) is 0 Å². The molecule has 160 valence electrons. The van der Waals surface area contributed by atoms with E-state index in [0.717, 1.165) is 27.3 Å². The summed E-state index contributed by atoms with van der Waals surface area (Å²) in [6.45, 7) is 6.95. The predicted octanol–water partition coefficient (Wildman–Crippen LogP) is 4.65. The third kappa shape index (κ3) is 4.14. The van der Waals surface area contributed by atoms with Crippen molar-refractivity contribution >= 4 is 21.8 Å². The molecule has 2 heterocycles. The smallest absolute Gasteiger partial charge is 0.350 e. The van der Waals surface area contributed by atoms with E-state index in [9.17, 15) is 18.0 Å². The Hall–Kier alpha value is -2.62. The van der Waals surface area contributed by atoms with Crippen LogP contribution in [-0.4, -0.2) is 25.5 Å². The number of carbonyl (C=O) groups excluding carboxylic acids is 1. The number of aryl methyl sites for hydroxylation is 1. The molecule has 2 aromatic heterocycles. The van der Waals surface area contributed by atoms with Crippen molar-refractivity contribution < 1.29 is 18.0 Å². The summed E-state index contributed by atoms with van der Waals surface area (Å²) in [6.07, 6.45) is -4.61. The van der Waals surface area contributed by atoms with Gasteiger partial charge in [0, 0.05) is 17.8 Å². The quantitative estimate of drug-likeness (QED) is 0.574. The van der Waals surface area contributed by atoms with E-state index < -0.39 is 23.8 Å². The Balaban J connectivity index is 1.78. The first-order valence-corrected chi connectivity index (χ1v) is 10.0. The van der Waals surface area contributed by atoms with E-state index in [2.05, 4.69) is 31.4 Å². The molecule has 0 radical (unpaired) electrons. The number of halogens is 4. The highest BCUT2D eigenvalue weighted by molar-refractivity contribution is 9.10. The summed E-state index contributed by atoms with van der Waals surface area (Å²) < 4.78 is 42.0. The Morgan fingerprint density at radius 1 is 1.13 bits per heavy atom. The van der Waals surface area contributed by atoms with E-state index in [1.54, 1.807) is 4.68 Å². The van der Waals surface area contributed by atoms with Crippen LogP contribution in [-0.2, 0) is 17.5 Å². The van der Waals surface area contributed by atoms with E-state index in [1.165, 1.54) is 13.8 Å². The summed E-state index contributed by atoms with van der Waals surface area (Å²) in [7, 11) is 0. The Morgan fingerprint density at radius 2 is 1.77 bits per heavy atom. The Labute approximate surface area is 180 Å². The molecule has 0 spiro atoms. The molecule has 1 aromatic carbocycles. The Kier molecular flexibility index (Phi) is 6.07. The predicted molar refractivity (Wildman–Crippen MR) is 109 cm³/mol. The zero-order valence-corrected chi connectivity index (χ0v) is 18.5. The van der Waals surface area contributed by atoms with Crippen molar-refractivity contribution in [2.75, 3.05) is 0 Å². The van der Waals surface area contributed by atoms with Crippen LogP contribution in [0.5, 0.6) is 0 Å². The van der Waals surface area contributed by atoms with Crippen LogP contribution >= 0.6 is 15.9 Å². The van der Waals surface area contributed by atoms with Crippen LogP contribution < -0.4 is 5.32 Å². The maximum atomic E-state index is 13.1. The van der Waals surface area contributed by atoms with Crippen molar-refractivity contribution in [3.05, 3.63) is 63.1 Å². The second-order valence-corrected chi connectivity index (χ2v) is 7.77. The third-order valence-electron chi connectivity index (χ3n) is 4.97. The van der Waals surface area contributed by atoms with Gasteiger partial charge in [0.05, 0.1) is 21.5 Å². The van der Waals surface area contributed by atoms with Gasteiger partial charge in [-0.3, -0.25) is 9.48 Å². The first-order valence-electron chi connectivity index (χ1n) is 9.22. The van der Waals surface area contributed by atoms with Crippen molar-refractivity contribution in [1.82, 2.24) is 24.9 Å². The minimum absolute atomic E-state index is 0.162. The molecule has 0 saturated carbocycles. The number of rotatable bonds is 5. The SMILES string of the molecule is Cc1nn(-c2ccccc2)c(C)c1CNC(=O)C(C)n1nc(C(F)(F)F)c(Br)c1C. The van der Waals surface area contributed by atoms with Gasteiger partial charge in [-0.15, -0.1) is 0 Å². The van der Waals surface area contributed by atoms with Gasteiger partial charge in [0.25, 0.3) is 0 Å². The topological polar surface area (TPSA) is 64.7 Å². The molecule has 30 heavy (non-hydrogen) atoms. The minimum atomic E-state index is -4.61. The Bertz CT molecular complexity index is 1070. The van der Waals surface area contributed by atoms with E-state index in [0.29, 0.717) is 0 Å². The number of alkyl halides is 3. The first kappa shape index (κ1) is 22.1. The highest BCUT2D eigenvalue weighted by Gasteiger charge is 2.39. The lowest BCUT2D eigenvalue weighted by Crippen LogP contribution is -2.32. The number of hydrogen-bond acceptors (Lipinski definition) is 3. The molecule has 0 aliphatic carbocycles. The standard InChI is InChI=1S/C20H21BrF3N5O/c1-11-16(12(2)29(26-11)15-8-6-5-7-9-15)10-25-19(30)14(4)28-13(3)17(21)18(27-28)20(22,23)24/h5-9,14H,10H2,1-4H3,(H,25,30). The van der Waals surface area contributed by atoms with Crippen molar-refractivity contribution in [2.24, 2.45) is 0 Å². The highest BCUT2D eigenvalue weighted by atomic mass is 79.9. The fraction of sp³-hybridized carbons (Fsp3) is 0.350. The zero-order chi connectivity index (χ0) is 22.2. The minimum Gasteiger partial charge on any atom is -0.350 e. The molecule has 3 rings (SSSR count). The monoisotopic (exact) mass is 483 g/mol. The van der Waals surface area contributed by atoms with E-state index >= 15 is 0 Å². The first-order chi connectivity index (χ1) is 14.0. The Morgan fingerprint density at radius 3 is 2.33 bits per heavy atom. The average Bonchev–Trinajstić information content (AvgIpc) is 3.16. The second-order valence-electron chi connectivity index (χ2n) is 6.98.